The monoisotopic (exact) mass is 247 g/mol. The molecule has 0 aliphatic heterocycles. The minimum Gasteiger partial charge on any atom is -0.494 e. The molecule has 3 nitrogen and oxygen atoms in total. The average molecular weight is 247 g/mol. The molecule has 0 fully saturated rings. The first-order valence-corrected chi connectivity index (χ1v) is 6.67. The maximum atomic E-state index is 9.02. The molecule has 1 N–H and O–H groups in total. The molecule has 0 spiro atoms. The molecule has 0 saturated carbocycles. The van der Waals surface area contributed by atoms with Gasteiger partial charge < -0.3 is 9.94 Å². The van der Waals surface area contributed by atoms with Crippen LogP contribution in [0.15, 0.2) is 23.4 Å². The largest absolute Gasteiger partial charge is 0.494 e. The topological polar surface area (TPSA) is 41.8 Å². The zero-order valence-corrected chi connectivity index (χ0v) is 11.1. The molecule has 1 aromatic carbocycles. The lowest BCUT2D eigenvalue weighted by Crippen LogP contribution is -2.12. The van der Waals surface area contributed by atoms with Crippen LogP contribution in [-0.4, -0.2) is 17.5 Å². The van der Waals surface area contributed by atoms with Crippen molar-refractivity contribution in [3.8, 4) is 5.75 Å². The number of fused-ring (bicyclic) bond motifs is 1. The van der Waals surface area contributed by atoms with Crippen LogP contribution in [0, 0.1) is 5.92 Å². The van der Waals surface area contributed by atoms with E-state index >= 15 is 0 Å². The van der Waals surface area contributed by atoms with E-state index in [1.165, 1.54) is 5.56 Å². The highest BCUT2D eigenvalue weighted by atomic mass is 16.5. The predicted molar refractivity (Wildman–Crippen MR) is 72.7 cm³/mol. The summed E-state index contributed by atoms with van der Waals surface area (Å²) in [6.07, 6.45) is 4.01. The molecule has 98 valence electrons. The van der Waals surface area contributed by atoms with Gasteiger partial charge >= 0.3 is 0 Å². The molecule has 1 aliphatic rings. The van der Waals surface area contributed by atoms with E-state index < -0.39 is 0 Å². The summed E-state index contributed by atoms with van der Waals surface area (Å²) in [5, 5.41) is 12.4. The maximum absolute atomic E-state index is 9.02. The van der Waals surface area contributed by atoms with Crippen molar-refractivity contribution in [2.45, 2.75) is 39.5 Å². The van der Waals surface area contributed by atoms with E-state index in [1.807, 2.05) is 12.1 Å². The zero-order chi connectivity index (χ0) is 13.0. The molecule has 0 atom stereocenters. The predicted octanol–water partition coefficient (Wildman–Crippen LogP) is 3.63. The molecule has 2 rings (SSSR count). The molecule has 0 aromatic heterocycles. The number of rotatable bonds is 4. The lowest BCUT2D eigenvalue weighted by Gasteiger charge is -2.18. The number of benzene rings is 1. The Kier molecular flexibility index (Phi) is 4.24. The molecule has 1 aliphatic carbocycles. The Morgan fingerprint density at radius 2 is 2.17 bits per heavy atom. The summed E-state index contributed by atoms with van der Waals surface area (Å²) in [7, 11) is 0. The lowest BCUT2D eigenvalue weighted by atomic mass is 9.90. The van der Waals surface area contributed by atoms with Crippen LogP contribution < -0.4 is 4.74 Å². The van der Waals surface area contributed by atoms with Crippen molar-refractivity contribution in [2.24, 2.45) is 11.1 Å². The van der Waals surface area contributed by atoms with Crippen LogP contribution in [0.4, 0.5) is 0 Å². The van der Waals surface area contributed by atoms with Crippen molar-refractivity contribution in [2.75, 3.05) is 6.61 Å². The Balaban J connectivity index is 2.10. The summed E-state index contributed by atoms with van der Waals surface area (Å²) < 4.78 is 5.74. The molecule has 0 radical (unpaired) electrons. The van der Waals surface area contributed by atoms with Crippen LogP contribution in [0.25, 0.3) is 0 Å². The standard InChI is InChI=1S/C15H21NO2/c1-11(2)8-9-18-13-7-6-12-4-3-5-15(16-17)14(12)10-13/h6-7,10-11,17H,3-5,8-9H2,1-2H3/b16-15-. The summed E-state index contributed by atoms with van der Waals surface area (Å²) >= 11 is 0. The van der Waals surface area contributed by atoms with Crippen LogP contribution in [0.1, 0.15) is 44.2 Å². The van der Waals surface area contributed by atoms with Crippen molar-refractivity contribution in [1.29, 1.82) is 0 Å². The highest BCUT2D eigenvalue weighted by Gasteiger charge is 2.16. The molecule has 0 amide bonds. The zero-order valence-electron chi connectivity index (χ0n) is 11.1. The Morgan fingerprint density at radius 3 is 2.89 bits per heavy atom. The van der Waals surface area contributed by atoms with Gasteiger partial charge in [0.15, 0.2) is 0 Å². The van der Waals surface area contributed by atoms with Gasteiger partial charge in [0, 0.05) is 5.56 Å². The Hall–Kier alpha value is -1.51. The van der Waals surface area contributed by atoms with Gasteiger partial charge in [0.25, 0.3) is 0 Å². The molecule has 1 aromatic rings. The second-order valence-corrected chi connectivity index (χ2v) is 5.25. The second kappa shape index (κ2) is 5.89. The number of ether oxygens (including phenoxy) is 1. The highest BCUT2D eigenvalue weighted by Crippen LogP contribution is 2.26. The summed E-state index contributed by atoms with van der Waals surface area (Å²) in [4.78, 5) is 0. The van der Waals surface area contributed by atoms with Crippen LogP contribution in [0.5, 0.6) is 5.75 Å². The summed E-state index contributed by atoms with van der Waals surface area (Å²) in [6.45, 7) is 5.11. The summed E-state index contributed by atoms with van der Waals surface area (Å²) in [5.41, 5.74) is 3.08. The summed E-state index contributed by atoms with van der Waals surface area (Å²) in [5.74, 6) is 1.52. The van der Waals surface area contributed by atoms with Gasteiger partial charge in [0.1, 0.15) is 5.75 Å². The smallest absolute Gasteiger partial charge is 0.119 e. The Morgan fingerprint density at radius 1 is 1.33 bits per heavy atom. The Bertz CT molecular complexity index is 438. The number of hydrogen-bond donors (Lipinski definition) is 1. The minimum absolute atomic E-state index is 0.650. The second-order valence-electron chi connectivity index (χ2n) is 5.25. The van der Waals surface area contributed by atoms with Gasteiger partial charge in [-0.2, -0.15) is 0 Å². The van der Waals surface area contributed by atoms with Gasteiger partial charge in [-0.25, -0.2) is 0 Å². The normalized spacial score (nSPS) is 16.9. The SMILES string of the molecule is CC(C)CCOc1ccc2c(c1)/C(=N\O)CCC2. The van der Waals surface area contributed by atoms with Gasteiger partial charge in [-0.3, -0.25) is 0 Å². The molecule has 3 heteroatoms. The average Bonchev–Trinajstić information content (AvgIpc) is 2.37. The van der Waals surface area contributed by atoms with E-state index in [4.69, 9.17) is 9.94 Å². The number of nitrogens with zero attached hydrogens (tertiary/aromatic N) is 1. The van der Waals surface area contributed by atoms with E-state index in [9.17, 15) is 0 Å². The fraction of sp³-hybridized carbons (Fsp3) is 0.533. The van der Waals surface area contributed by atoms with Crippen molar-refractivity contribution in [3.63, 3.8) is 0 Å². The molecule has 0 heterocycles. The Labute approximate surface area is 108 Å². The molecular weight excluding hydrogens is 226 g/mol. The van der Waals surface area contributed by atoms with Crippen LogP contribution in [0.3, 0.4) is 0 Å². The van der Waals surface area contributed by atoms with Gasteiger partial charge in [0.2, 0.25) is 0 Å². The first kappa shape index (κ1) is 12.9. The fourth-order valence-electron chi connectivity index (χ4n) is 2.23. The highest BCUT2D eigenvalue weighted by molar-refractivity contribution is 6.02. The van der Waals surface area contributed by atoms with Crippen LogP contribution in [0.2, 0.25) is 0 Å². The van der Waals surface area contributed by atoms with Crippen molar-refractivity contribution in [1.82, 2.24) is 0 Å². The van der Waals surface area contributed by atoms with Gasteiger partial charge in [-0.15, -0.1) is 0 Å². The van der Waals surface area contributed by atoms with Crippen molar-refractivity contribution >= 4 is 5.71 Å². The first-order valence-electron chi connectivity index (χ1n) is 6.67. The quantitative estimate of drug-likeness (QED) is 0.652. The molecular formula is C15H21NO2. The third-order valence-electron chi connectivity index (χ3n) is 3.34. The van der Waals surface area contributed by atoms with Gasteiger partial charge in [0.05, 0.1) is 12.3 Å². The number of hydrogen-bond acceptors (Lipinski definition) is 3. The molecule has 0 saturated heterocycles. The first-order chi connectivity index (χ1) is 8.70. The molecule has 18 heavy (non-hydrogen) atoms. The van der Waals surface area contributed by atoms with E-state index in [0.29, 0.717) is 5.92 Å². The van der Waals surface area contributed by atoms with E-state index in [-0.39, 0.29) is 0 Å². The number of oxime groups is 1. The molecule has 0 unspecified atom stereocenters. The van der Waals surface area contributed by atoms with Crippen LogP contribution in [-0.2, 0) is 6.42 Å². The van der Waals surface area contributed by atoms with Crippen LogP contribution >= 0.6 is 0 Å². The fourth-order valence-corrected chi connectivity index (χ4v) is 2.23. The van der Waals surface area contributed by atoms with E-state index in [1.54, 1.807) is 0 Å². The third kappa shape index (κ3) is 3.03. The third-order valence-corrected chi connectivity index (χ3v) is 3.34. The van der Waals surface area contributed by atoms with E-state index in [0.717, 1.165) is 49.3 Å². The maximum Gasteiger partial charge on any atom is 0.119 e. The van der Waals surface area contributed by atoms with E-state index in [2.05, 4.69) is 25.1 Å². The summed E-state index contributed by atoms with van der Waals surface area (Å²) in [6, 6.07) is 6.10. The van der Waals surface area contributed by atoms with Gasteiger partial charge in [-0.05, 0) is 49.3 Å². The van der Waals surface area contributed by atoms with Crippen molar-refractivity contribution in [3.05, 3.63) is 29.3 Å². The minimum atomic E-state index is 0.650. The molecule has 0 bridgehead atoms. The lowest BCUT2D eigenvalue weighted by molar-refractivity contribution is 0.289. The number of aryl methyl sites for hydroxylation is 1. The van der Waals surface area contributed by atoms with Gasteiger partial charge in [-0.1, -0.05) is 25.1 Å². The van der Waals surface area contributed by atoms with Crippen molar-refractivity contribution < 1.29 is 9.94 Å².